The van der Waals surface area contributed by atoms with Crippen molar-refractivity contribution in [1.29, 1.82) is 0 Å². The molecule has 0 aromatic rings. The summed E-state index contributed by atoms with van der Waals surface area (Å²) in [5.41, 5.74) is 5.26. The molecule has 1 unspecified atom stereocenters. The summed E-state index contributed by atoms with van der Waals surface area (Å²) in [5, 5.41) is 2.47. The van der Waals surface area contributed by atoms with E-state index in [2.05, 4.69) is 5.32 Å². The summed E-state index contributed by atoms with van der Waals surface area (Å²) >= 11 is 0. The number of hydrogen-bond acceptors (Lipinski definition) is 3. The third kappa shape index (κ3) is 5.26. The summed E-state index contributed by atoms with van der Waals surface area (Å²) in [6.45, 7) is 4.62. The molecule has 2 atom stereocenters. The van der Waals surface area contributed by atoms with Gasteiger partial charge in [-0.05, 0) is 20.8 Å². The predicted octanol–water partition coefficient (Wildman–Crippen LogP) is 0.00520. The fourth-order valence-electron chi connectivity index (χ4n) is 0.446. The van der Waals surface area contributed by atoms with E-state index in [4.69, 9.17) is 5.73 Å². The van der Waals surface area contributed by atoms with Crippen LogP contribution in [0.4, 0.5) is 0 Å². The van der Waals surface area contributed by atoms with Crippen LogP contribution in [0.2, 0.25) is 0 Å². The molecule has 5 heteroatoms. The van der Waals surface area contributed by atoms with Gasteiger partial charge in [-0.2, -0.15) is 0 Å². The first-order chi connectivity index (χ1) is 4.95. The first kappa shape index (κ1) is 14.1. The number of carbonyl (C=O) groups excluding carboxylic acids is 2. The lowest BCUT2D eigenvalue weighted by Gasteiger charge is -2.11. The number of Topliss-reactive ketones (excluding diaryl/α,β-unsaturated/α-hetero) is 1. The highest BCUT2D eigenvalue weighted by molar-refractivity contribution is 8.93. The normalized spacial score (nSPS) is 14.0. The lowest BCUT2D eigenvalue weighted by atomic mass is 10.2. The molecule has 1 amide bonds. The van der Waals surface area contributed by atoms with Crippen LogP contribution < -0.4 is 11.1 Å². The summed E-state index contributed by atoms with van der Waals surface area (Å²) < 4.78 is 0. The molecule has 0 saturated heterocycles. The van der Waals surface area contributed by atoms with Crippen LogP contribution in [0, 0.1) is 0 Å². The number of nitrogens with one attached hydrogen (secondary N) is 1. The van der Waals surface area contributed by atoms with E-state index < -0.39 is 12.1 Å². The second-order valence-corrected chi connectivity index (χ2v) is 2.63. The Morgan fingerprint density at radius 3 is 2.00 bits per heavy atom. The van der Waals surface area contributed by atoms with Crippen LogP contribution in [-0.2, 0) is 9.59 Å². The monoisotopic (exact) mass is 238 g/mol. The molecule has 0 aromatic carbocycles. The minimum atomic E-state index is -0.559. The third-order valence-electron chi connectivity index (χ3n) is 1.38. The average Bonchev–Trinajstić information content (AvgIpc) is 1.87. The van der Waals surface area contributed by atoms with Crippen molar-refractivity contribution >= 4 is 28.7 Å². The van der Waals surface area contributed by atoms with E-state index in [1.54, 1.807) is 13.8 Å². The Morgan fingerprint density at radius 2 is 1.75 bits per heavy atom. The lowest BCUT2D eigenvalue weighted by Crippen LogP contribution is -2.45. The Labute approximate surface area is 82.7 Å². The van der Waals surface area contributed by atoms with Gasteiger partial charge < -0.3 is 11.1 Å². The molecule has 12 heavy (non-hydrogen) atoms. The molecule has 0 aromatic heterocycles. The van der Waals surface area contributed by atoms with Crippen molar-refractivity contribution in [2.24, 2.45) is 5.73 Å². The Bertz CT molecular complexity index is 171. The Kier molecular flexibility index (Phi) is 7.22. The summed E-state index contributed by atoms with van der Waals surface area (Å²) in [6.07, 6.45) is 0. The third-order valence-corrected chi connectivity index (χ3v) is 1.38. The van der Waals surface area contributed by atoms with E-state index in [1.165, 1.54) is 6.92 Å². The molecule has 0 spiro atoms. The van der Waals surface area contributed by atoms with Gasteiger partial charge in [-0.25, -0.2) is 0 Å². The highest BCUT2D eigenvalue weighted by atomic mass is 79.9. The summed E-state index contributed by atoms with van der Waals surface area (Å²) in [5.74, 6) is -0.369. The molecule has 0 heterocycles. The minimum absolute atomic E-state index is 0. The molecule has 0 fully saturated rings. The molecule has 0 radical (unpaired) electrons. The molecule has 0 aliphatic rings. The molecule has 3 N–H and O–H groups in total. The first-order valence-electron chi connectivity index (χ1n) is 3.51. The maximum atomic E-state index is 10.9. The summed E-state index contributed by atoms with van der Waals surface area (Å²) in [7, 11) is 0. The van der Waals surface area contributed by atoms with E-state index >= 15 is 0 Å². The number of hydrogen-bond donors (Lipinski definition) is 2. The number of amides is 1. The molecule has 0 saturated carbocycles. The van der Waals surface area contributed by atoms with E-state index in [1.807, 2.05) is 0 Å². The zero-order chi connectivity index (χ0) is 9.02. The smallest absolute Gasteiger partial charge is 0.237 e. The highest BCUT2D eigenvalue weighted by Crippen LogP contribution is 1.84. The Balaban J connectivity index is 0. The summed E-state index contributed by atoms with van der Waals surface area (Å²) in [4.78, 5) is 21.5. The molecular formula is C7H15BrN2O2. The topological polar surface area (TPSA) is 72.2 Å². The van der Waals surface area contributed by atoms with Crippen LogP contribution in [0.15, 0.2) is 0 Å². The second-order valence-electron chi connectivity index (χ2n) is 2.63. The molecule has 0 aliphatic heterocycles. The summed E-state index contributed by atoms with van der Waals surface area (Å²) in [6, 6.07) is -0.995. The number of ketones is 1. The van der Waals surface area contributed by atoms with E-state index in [-0.39, 0.29) is 28.7 Å². The van der Waals surface area contributed by atoms with E-state index in [0.29, 0.717) is 0 Å². The molecule has 72 valence electrons. The van der Waals surface area contributed by atoms with Gasteiger partial charge in [0.1, 0.15) is 0 Å². The van der Waals surface area contributed by atoms with Crippen molar-refractivity contribution in [2.45, 2.75) is 32.9 Å². The molecule has 0 bridgehead atoms. The van der Waals surface area contributed by atoms with Gasteiger partial charge in [0, 0.05) is 0 Å². The van der Waals surface area contributed by atoms with Crippen molar-refractivity contribution in [3.8, 4) is 0 Å². The number of carbonyl (C=O) groups is 2. The van der Waals surface area contributed by atoms with Gasteiger partial charge in [0.05, 0.1) is 12.1 Å². The first-order valence-corrected chi connectivity index (χ1v) is 3.51. The SMILES string of the molecule is Br.CC(=O)C(C)NC(=O)[C@@H](C)N. The van der Waals surface area contributed by atoms with Crippen LogP contribution in [0.25, 0.3) is 0 Å². The number of halogens is 1. The van der Waals surface area contributed by atoms with Crippen LogP contribution in [-0.4, -0.2) is 23.8 Å². The molecule has 4 nitrogen and oxygen atoms in total. The Hall–Kier alpha value is -0.420. The van der Waals surface area contributed by atoms with Crippen molar-refractivity contribution in [3.05, 3.63) is 0 Å². The largest absolute Gasteiger partial charge is 0.345 e. The van der Waals surface area contributed by atoms with Gasteiger partial charge in [0.2, 0.25) is 5.91 Å². The van der Waals surface area contributed by atoms with Crippen LogP contribution in [0.1, 0.15) is 20.8 Å². The van der Waals surface area contributed by atoms with Gasteiger partial charge in [-0.1, -0.05) is 0 Å². The van der Waals surface area contributed by atoms with E-state index in [0.717, 1.165) is 0 Å². The zero-order valence-corrected chi connectivity index (χ0v) is 9.17. The van der Waals surface area contributed by atoms with Crippen molar-refractivity contribution in [2.75, 3.05) is 0 Å². The van der Waals surface area contributed by atoms with Crippen molar-refractivity contribution in [3.63, 3.8) is 0 Å². The average molecular weight is 239 g/mol. The van der Waals surface area contributed by atoms with Crippen LogP contribution in [0.5, 0.6) is 0 Å². The van der Waals surface area contributed by atoms with Gasteiger partial charge in [0.15, 0.2) is 5.78 Å². The second kappa shape index (κ2) is 6.14. The number of rotatable bonds is 3. The minimum Gasteiger partial charge on any atom is -0.345 e. The fourth-order valence-corrected chi connectivity index (χ4v) is 0.446. The highest BCUT2D eigenvalue weighted by Gasteiger charge is 2.13. The van der Waals surface area contributed by atoms with Gasteiger partial charge >= 0.3 is 0 Å². The maximum absolute atomic E-state index is 10.9. The maximum Gasteiger partial charge on any atom is 0.237 e. The van der Waals surface area contributed by atoms with Crippen LogP contribution >= 0.6 is 17.0 Å². The van der Waals surface area contributed by atoms with E-state index in [9.17, 15) is 9.59 Å². The van der Waals surface area contributed by atoms with Crippen LogP contribution in [0.3, 0.4) is 0 Å². The zero-order valence-electron chi connectivity index (χ0n) is 7.46. The molecule has 0 rings (SSSR count). The van der Waals surface area contributed by atoms with Gasteiger partial charge in [-0.15, -0.1) is 17.0 Å². The number of nitrogens with two attached hydrogens (primary N) is 1. The molecular weight excluding hydrogens is 224 g/mol. The lowest BCUT2D eigenvalue weighted by molar-refractivity contribution is -0.127. The fraction of sp³-hybridized carbons (Fsp3) is 0.714. The van der Waals surface area contributed by atoms with Gasteiger partial charge in [-0.3, -0.25) is 9.59 Å². The molecule has 0 aliphatic carbocycles. The van der Waals surface area contributed by atoms with Crippen molar-refractivity contribution in [1.82, 2.24) is 5.32 Å². The predicted molar refractivity (Wildman–Crippen MR) is 52.3 cm³/mol. The Morgan fingerprint density at radius 1 is 1.33 bits per heavy atom. The van der Waals surface area contributed by atoms with Crippen molar-refractivity contribution < 1.29 is 9.59 Å². The standard InChI is InChI=1S/C7H14N2O2.BrH/c1-4(8)7(11)9-5(2)6(3)10;/h4-5H,8H2,1-3H3,(H,9,11);1H/t4-,5?;/m1./s1. The quantitative estimate of drug-likeness (QED) is 0.728. The van der Waals surface area contributed by atoms with Gasteiger partial charge in [0.25, 0.3) is 0 Å².